The highest BCUT2D eigenvalue weighted by molar-refractivity contribution is 7.92. The molecule has 2 rings (SSSR count). The molecule has 0 saturated heterocycles. The third-order valence-corrected chi connectivity index (χ3v) is 5.65. The summed E-state index contributed by atoms with van der Waals surface area (Å²) >= 11 is 11.8. The Hall–Kier alpha value is -1.76. The van der Waals surface area contributed by atoms with Crippen LogP contribution in [0.15, 0.2) is 47.4 Å². The molecule has 0 saturated carbocycles. The van der Waals surface area contributed by atoms with Gasteiger partial charge in [-0.3, -0.25) is 9.52 Å². The van der Waals surface area contributed by atoms with E-state index in [1.54, 1.807) is 18.2 Å². The highest BCUT2D eigenvalue weighted by atomic mass is 35.5. The average molecular weight is 401 g/mol. The summed E-state index contributed by atoms with van der Waals surface area (Å²) in [6.45, 7) is 3.86. The van der Waals surface area contributed by atoms with Crippen LogP contribution in [0, 0.1) is 0 Å². The maximum atomic E-state index is 12.5. The Kier molecular flexibility index (Phi) is 6.32. The van der Waals surface area contributed by atoms with Crippen LogP contribution in [-0.4, -0.2) is 20.4 Å². The third-order valence-electron chi connectivity index (χ3n) is 3.55. The fourth-order valence-corrected chi connectivity index (χ4v) is 3.84. The molecule has 8 heteroatoms. The van der Waals surface area contributed by atoms with Gasteiger partial charge in [-0.2, -0.15) is 0 Å². The van der Waals surface area contributed by atoms with Gasteiger partial charge < -0.3 is 5.32 Å². The lowest BCUT2D eigenvalue weighted by Gasteiger charge is -2.13. The first-order valence-electron chi connectivity index (χ1n) is 7.61. The van der Waals surface area contributed by atoms with Gasteiger partial charge in [-0.25, -0.2) is 8.42 Å². The number of carbonyl (C=O) groups excluding carboxylic acids is 1. The first kappa shape index (κ1) is 19.6. The van der Waals surface area contributed by atoms with E-state index in [0.717, 1.165) is 6.42 Å². The summed E-state index contributed by atoms with van der Waals surface area (Å²) in [4.78, 5) is 12.0. The smallest absolute Gasteiger partial charge is 0.263 e. The number of carbonyl (C=O) groups is 1. The summed E-state index contributed by atoms with van der Waals surface area (Å²) < 4.78 is 27.5. The number of halogens is 2. The second kappa shape index (κ2) is 8.08. The summed E-state index contributed by atoms with van der Waals surface area (Å²) in [5.41, 5.74) is 0.616. The van der Waals surface area contributed by atoms with Crippen molar-refractivity contribution in [1.82, 2.24) is 5.32 Å². The molecule has 0 radical (unpaired) electrons. The first-order valence-corrected chi connectivity index (χ1v) is 9.85. The van der Waals surface area contributed by atoms with Gasteiger partial charge in [-0.05, 0) is 49.7 Å². The molecule has 0 aliphatic rings. The molecule has 5 nitrogen and oxygen atoms in total. The van der Waals surface area contributed by atoms with Crippen LogP contribution >= 0.6 is 23.2 Å². The molecule has 134 valence electrons. The van der Waals surface area contributed by atoms with E-state index in [2.05, 4.69) is 10.0 Å². The molecule has 0 fully saturated rings. The highest BCUT2D eigenvalue weighted by Gasteiger charge is 2.19. The first-order chi connectivity index (χ1) is 11.7. The summed E-state index contributed by atoms with van der Waals surface area (Å²) in [6.07, 6.45) is 0.797. The normalized spacial score (nSPS) is 12.5. The molecule has 0 aromatic heterocycles. The largest absolute Gasteiger partial charge is 0.350 e. The topological polar surface area (TPSA) is 75.3 Å². The van der Waals surface area contributed by atoms with Crippen molar-refractivity contribution in [2.75, 3.05) is 4.72 Å². The average Bonchev–Trinajstić information content (AvgIpc) is 2.56. The molecule has 0 bridgehead atoms. The van der Waals surface area contributed by atoms with E-state index in [-0.39, 0.29) is 32.6 Å². The van der Waals surface area contributed by atoms with Crippen molar-refractivity contribution in [1.29, 1.82) is 0 Å². The zero-order chi connectivity index (χ0) is 18.6. The second-order valence-corrected chi connectivity index (χ2v) is 8.04. The van der Waals surface area contributed by atoms with Crippen molar-refractivity contribution < 1.29 is 13.2 Å². The van der Waals surface area contributed by atoms with Gasteiger partial charge in [0, 0.05) is 22.3 Å². The van der Waals surface area contributed by atoms with Crippen LogP contribution in [0.5, 0.6) is 0 Å². The fraction of sp³-hybridized carbons (Fsp3) is 0.235. The van der Waals surface area contributed by atoms with Crippen LogP contribution < -0.4 is 10.0 Å². The third kappa shape index (κ3) is 5.11. The van der Waals surface area contributed by atoms with E-state index in [4.69, 9.17) is 23.2 Å². The minimum Gasteiger partial charge on any atom is -0.350 e. The van der Waals surface area contributed by atoms with Crippen LogP contribution in [0.4, 0.5) is 5.69 Å². The predicted molar refractivity (Wildman–Crippen MR) is 101 cm³/mol. The van der Waals surface area contributed by atoms with Crippen LogP contribution in [0.2, 0.25) is 10.0 Å². The van der Waals surface area contributed by atoms with Crippen molar-refractivity contribution in [3.63, 3.8) is 0 Å². The Morgan fingerprint density at radius 1 is 1.16 bits per heavy atom. The molecule has 25 heavy (non-hydrogen) atoms. The Labute approximate surface area is 157 Å². The fourth-order valence-electron chi connectivity index (χ4n) is 2.03. The Balaban J connectivity index is 2.27. The predicted octanol–water partition coefficient (Wildman–Crippen LogP) is 4.32. The lowest BCUT2D eigenvalue weighted by Crippen LogP contribution is -2.31. The maximum Gasteiger partial charge on any atom is 0.263 e. The van der Waals surface area contributed by atoms with Gasteiger partial charge >= 0.3 is 0 Å². The van der Waals surface area contributed by atoms with E-state index in [1.165, 1.54) is 24.3 Å². The SMILES string of the molecule is CCC(C)NC(=O)c1cccc(NS(=O)(=O)c2cc(Cl)ccc2Cl)c1. The molecule has 1 amide bonds. The molecule has 0 aliphatic carbocycles. The summed E-state index contributed by atoms with van der Waals surface area (Å²) in [7, 11) is -3.93. The van der Waals surface area contributed by atoms with Gasteiger partial charge in [-0.1, -0.05) is 36.2 Å². The number of anilines is 1. The molecule has 0 heterocycles. The molecule has 2 aromatic rings. The molecule has 2 N–H and O–H groups in total. The molecular weight excluding hydrogens is 383 g/mol. The number of benzene rings is 2. The van der Waals surface area contributed by atoms with Crippen LogP contribution in [0.3, 0.4) is 0 Å². The van der Waals surface area contributed by atoms with E-state index in [9.17, 15) is 13.2 Å². The lowest BCUT2D eigenvalue weighted by molar-refractivity contribution is 0.0939. The molecular formula is C17H18Cl2N2O3S. The molecule has 2 aromatic carbocycles. The van der Waals surface area contributed by atoms with Gasteiger partial charge in [0.25, 0.3) is 15.9 Å². The number of sulfonamides is 1. The summed E-state index contributed by atoms with van der Waals surface area (Å²) in [6, 6.07) is 10.4. The Morgan fingerprint density at radius 2 is 1.88 bits per heavy atom. The number of rotatable bonds is 6. The van der Waals surface area contributed by atoms with Gasteiger partial charge in [0.1, 0.15) is 4.90 Å². The number of amides is 1. The van der Waals surface area contributed by atoms with Gasteiger partial charge in [0.05, 0.1) is 5.02 Å². The lowest BCUT2D eigenvalue weighted by atomic mass is 10.1. The van der Waals surface area contributed by atoms with Crippen molar-refractivity contribution in [3.8, 4) is 0 Å². The Bertz CT molecular complexity index is 885. The monoisotopic (exact) mass is 400 g/mol. The minimum atomic E-state index is -3.93. The van der Waals surface area contributed by atoms with Gasteiger partial charge in [0.15, 0.2) is 0 Å². The summed E-state index contributed by atoms with van der Waals surface area (Å²) in [5.74, 6) is -0.267. The molecule has 0 spiro atoms. The maximum absolute atomic E-state index is 12.5. The number of hydrogen-bond donors (Lipinski definition) is 2. The molecule has 1 atom stereocenters. The van der Waals surface area contributed by atoms with Gasteiger partial charge in [-0.15, -0.1) is 0 Å². The van der Waals surface area contributed by atoms with Gasteiger partial charge in [0.2, 0.25) is 0 Å². The van der Waals surface area contributed by atoms with Crippen molar-refractivity contribution >= 4 is 44.8 Å². The second-order valence-electron chi connectivity index (χ2n) is 5.54. The van der Waals surface area contributed by atoms with E-state index >= 15 is 0 Å². The summed E-state index contributed by atoms with van der Waals surface area (Å²) in [5, 5.41) is 3.14. The van der Waals surface area contributed by atoms with Crippen LogP contribution in [-0.2, 0) is 10.0 Å². The standard InChI is InChI=1S/C17H18Cl2N2O3S/c1-3-11(2)20-17(22)12-5-4-6-14(9-12)21-25(23,24)16-10-13(18)7-8-15(16)19/h4-11,21H,3H2,1-2H3,(H,20,22). The molecule has 1 unspecified atom stereocenters. The number of hydrogen-bond acceptors (Lipinski definition) is 3. The molecule has 0 aliphatic heterocycles. The van der Waals surface area contributed by atoms with Crippen molar-refractivity contribution in [2.45, 2.75) is 31.2 Å². The minimum absolute atomic E-state index is 0.0260. The van der Waals surface area contributed by atoms with Crippen LogP contribution in [0.25, 0.3) is 0 Å². The Morgan fingerprint density at radius 3 is 2.56 bits per heavy atom. The van der Waals surface area contributed by atoms with Crippen molar-refractivity contribution in [2.24, 2.45) is 0 Å². The zero-order valence-corrected chi connectivity index (χ0v) is 16.0. The quantitative estimate of drug-likeness (QED) is 0.757. The van der Waals surface area contributed by atoms with Crippen molar-refractivity contribution in [3.05, 3.63) is 58.1 Å². The van der Waals surface area contributed by atoms with E-state index in [0.29, 0.717) is 5.56 Å². The van der Waals surface area contributed by atoms with Crippen LogP contribution in [0.1, 0.15) is 30.6 Å². The number of nitrogens with one attached hydrogen (secondary N) is 2. The van der Waals surface area contributed by atoms with E-state index in [1.807, 2.05) is 13.8 Å². The zero-order valence-electron chi connectivity index (χ0n) is 13.7. The van der Waals surface area contributed by atoms with E-state index < -0.39 is 10.0 Å². The highest BCUT2D eigenvalue weighted by Crippen LogP contribution is 2.27.